The van der Waals surface area contributed by atoms with Crippen LogP contribution in [0.3, 0.4) is 0 Å². The molecular formula is C10H15NO. The molecule has 0 N–H and O–H groups in total. The molecule has 0 spiro atoms. The summed E-state index contributed by atoms with van der Waals surface area (Å²) in [7, 11) is 0. The zero-order valence-electron chi connectivity index (χ0n) is 7.87. The van der Waals surface area contributed by atoms with E-state index in [0.29, 0.717) is 0 Å². The fraction of sp³-hybridized carbons (Fsp3) is 0.300. The summed E-state index contributed by atoms with van der Waals surface area (Å²) in [6, 6.07) is 0. The van der Waals surface area contributed by atoms with Gasteiger partial charge in [0.1, 0.15) is 0 Å². The van der Waals surface area contributed by atoms with Crippen molar-refractivity contribution in [1.29, 1.82) is 0 Å². The van der Waals surface area contributed by atoms with Crippen molar-refractivity contribution in [3.63, 3.8) is 0 Å². The minimum Gasteiger partial charge on any atom is -0.356 e. The molecule has 0 radical (unpaired) electrons. The highest BCUT2D eigenvalue weighted by Crippen LogP contribution is 2.10. The molecule has 0 saturated carbocycles. The van der Waals surface area contributed by atoms with E-state index in [4.69, 9.17) is 4.52 Å². The third kappa shape index (κ3) is 2.74. The molecular weight excluding hydrogens is 150 g/mol. The van der Waals surface area contributed by atoms with Gasteiger partial charge in [-0.15, -0.1) is 0 Å². The van der Waals surface area contributed by atoms with Gasteiger partial charge in [0, 0.05) is 5.56 Å². The lowest BCUT2D eigenvalue weighted by Gasteiger charge is -1.82. The topological polar surface area (TPSA) is 26.0 Å². The van der Waals surface area contributed by atoms with Crippen molar-refractivity contribution in [3.8, 4) is 0 Å². The van der Waals surface area contributed by atoms with Gasteiger partial charge in [-0.3, -0.25) is 0 Å². The normalized spacial score (nSPS) is 9.25. The average molecular weight is 165 g/mol. The van der Waals surface area contributed by atoms with Gasteiger partial charge in [-0.05, 0) is 13.0 Å². The SMILES string of the molecule is C=Cc1oncc1/C=C\C.CC. The second kappa shape index (κ2) is 6.40. The summed E-state index contributed by atoms with van der Waals surface area (Å²) in [6.45, 7) is 9.52. The molecule has 0 aromatic carbocycles. The third-order valence-corrected chi connectivity index (χ3v) is 1.16. The van der Waals surface area contributed by atoms with Gasteiger partial charge in [-0.1, -0.05) is 37.7 Å². The van der Waals surface area contributed by atoms with Gasteiger partial charge in [0.05, 0.1) is 6.20 Å². The largest absolute Gasteiger partial charge is 0.356 e. The summed E-state index contributed by atoms with van der Waals surface area (Å²) in [5, 5.41) is 3.61. The van der Waals surface area contributed by atoms with Crippen molar-refractivity contribution in [1.82, 2.24) is 5.16 Å². The monoisotopic (exact) mass is 165 g/mol. The maximum Gasteiger partial charge on any atom is 0.166 e. The Morgan fingerprint density at radius 1 is 1.50 bits per heavy atom. The van der Waals surface area contributed by atoms with Crippen LogP contribution >= 0.6 is 0 Å². The van der Waals surface area contributed by atoms with Crippen molar-refractivity contribution >= 4 is 12.2 Å². The molecule has 1 rings (SSSR count). The third-order valence-electron chi connectivity index (χ3n) is 1.16. The molecule has 0 fully saturated rings. The van der Waals surface area contributed by atoms with Crippen molar-refractivity contribution in [2.45, 2.75) is 20.8 Å². The van der Waals surface area contributed by atoms with Crippen LogP contribution in [0.1, 0.15) is 32.1 Å². The zero-order chi connectivity index (χ0) is 9.40. The summed E-state index contributed by atoms with van der Waals surface area (Å²) in [4.78, 5) is 0. The van der Waals surface area contributed by atoms with Crippen LogP contribution in [0.2, 0.25) is 0 Å². The molecule has 66 valence electrons. The molecule has 12 heavy (non-hydrogen) atoms. The van der Waals surface area contributed by atoms with Crippen molar-refractivity contribution < 1.29 is 4.52 Å². The number of allylic oxidation sites excluding steroid dienone is 1. The molecule has 0 aliphatic rings. The van der Waals surface area contributed by atoms with Gasteiger partial charge in [-0.2, -0.15) is 0 Å². The minimum atomic E-state index is 0.720. The Hall–Kier alpha value is -1.31. The minimum absolute atomic E-state index is 0.720. The Balaban J connectivity index is 0.000000561. The molecule has 0 saturated heterocycles. The van der Waals surface area contributed by atoms with Gasteiger partial charge in [-0.25, -0.2) is 0 Å². The number of hydrogen-bond donors (Lipinski definition) is 0. The van der Waals surface area contributed by atoms with E-state index >= 15 is 0 Å². The number of aromatic nitrogens is 1. The first-order valence-corrected chi connectivity index (χ1v) is 4.08. The van der Waals surface area contributed by atoms with Crippen LogP contribution in [-0.2, 0) is 0 Å². The maximum atomic E-state index is 4.85. The Morgan fingerprint density at radius 3 is 2.67 bits per heavy atom. The predicted molar refractivity (Wildman–Crippen MR) is 52.7 cm³/mol. The highest BCUT2D eigenvalue weighted by Gasteiger charge is 1.97. The average Bonchev–Trinajstić information content (AvgIpc) is 2.56. The molecule has 2 heteroatoms. The molecule has 2 nitrogen and oxygen atoms in total. The van der Waals surface area contributed by atoms with E-state index in [-0.39, 0.29) is 0 Å². The summed E-state index contributed by atoms with van der Waals surface area (Å²) < 4.78 is 4.85. The maximum absolute atomic E-state index is 4.85. The zero-order valence-corrected chi connectivity index (χ0v) is 7.87. The second-order valence-electron chi connectivity index (χ2n) is 1.85. The fourth-order valence-corrected chi connectivity index (χ4v) is 0.716. The Morgan fingerprint density at radius 2 is 2.17 bits per heavy atom. The Bertz CT molecular complexity index is 248. The predicted octanol–water partition coefficient (Wildman–Crippen LogP) is 3.38. The molecule has 1 heterocycles. The first-order chi connectivity index (χ1) is 5.88. The summed E-state index contributed by atoms with van der Waals surface area (Å²) in [5.74, 6) is 0.720. The van der Waals surface area contributed by atoms with E-state index in [2.05, 4.69) is 11.7 Å². The molecule has 0 aliphatic heterocycles. The van der Waals surface area contributed by atoms with Crippen LogP contribution in [-0.4, -0.2) is 5.16 Å². The highest BCUT2D eigenvalue weighted by molar-refractivity contribution is 5.58. The van der Waals surface area contributed by atoms with E-state index in [1.165, 1.54) is 0 Å². The van der Waals surface area contributed by atoms with Crippen molar-refractivity contribution in [3.05, 3.63) is 30.2 Å². The summed E-state index contributed by atoms with van der Waals surface area (Å²) in [6.07, 6.45) is 7.16. The molecule has 1 aromatic heterocycles. The highest BCUT2D eigenvalue weighted by atomic mass is 16.5. The van der Waals surface area contributed by atoms with Gasteiger partial charge in [0.25, 0.3) is 0 Å². The smallest absolute Gasteiger partial charge is 0.166 e. The molecule has 1 aromatic rings. The number of rotatable bonds is 2. The Labute approximate surface area is 73.6 Å². The van der Waals surface area contributed by atoms with Crippen LogP contribution in [0.15, 0.2) is 23.4 Å². The number of nitrogens with zero attached hydrogens (tertiary/aromatic N) is 1. The van der Waals surface area contributed by atoms with Crippen molar-refractivity contribution in [2.24, 2.45) is 0 Å². The van der Waals surface area contributed by atoms with Gasteiger partial charge >= 0.3 is 0 Å². The van der Waals surface area contributed by atoms with Gasteiger partial charge < -0.3 is 4.52 Å². The fourth-order valence-electron chi connectivity index (χ4n) is 0.716. The molecule has 0 bridgehead atoms. The van der Waals surface area contributed by atoms with E-state index in [0.717, 1.165) is 11.3 Å². The van der Waals surface area contributed by atoms with E-state index in [1.54, 1.807) is 12.3 Å². The van der Waals surface area contributed by atoms with Crippen molar-refractivity contribution in [2.75, 3.05) is 0 Å². The first-order valence-electron chi connectivity index (χ1n) is 4.08. The second-order valence-corrected chi connectivity index (χ2v) is 1.85. The van der Waals surface area contributed by atoms with Crippen LogP contribution < -0.4 is 0 Å². The molecule has 0 unspecified atom stereocenters. The van der Waals surface area contributed by atoms with Crippen LogP contribution in [0.5, 0.6) is 0 Å². The molecule has 0 atom stereocenters. The lowest BCUT2D eigenvalue weighted by Crippen LogP contribution is -1.67. The number of hydrogen-bond acceptors (Lipinski definition) is 2. The standard InChI is InChI=1S/C8H9NO.C2H6/c1-3-5-7-6-9-10-8(7)4-2;1-2/h3-6H,2H2,1H3;1-2H3/b5-3-;. The van der Waals surface area contributed by atoms with Crippen LogP contribution in [0, 0.1) is 0 Å². The lowest BCUT2D eigenvalue weighted by molar-refractivity contribution is 0.412. The van der Waals surface area contributed by atoms with E-state index in [1.807, 2.05) is 32.9 Å². The quantitative estimate of drug-likeness (QED) is 0.671. The molecule has 0 amide bonds. The van der Waals surface area contributed by atoms with E-state index in [9.17, 15) is 0 Å². The summed E-state index contributed by atoms with van der Waals surface area (Å²) >= 11 is 0. The van der Waals surface area contributed by atoms with E-state index < -0.39 is 0 Å². The first kappa shape index (κ1) is 10.7. The van der Waals surface area contributed by atoms with Crippen LogP contribution in [0.25, 0.3) is 12.2 Å². The van der Waals surface area contributed by atoms with Crippen LogP contribution in [0.4, 0.5) is 0 Å². The van der Waals surface area contributed by atoms with Gasteiger partial charge in [0.15, 0.2) is 5.76 Å². The Kier molecular flexibility index (Phi) is 5.70. The lowest BCUT2D eigenvalue weighted by atomic mass is 10.2. The molecule has 0 aliphatic carbocycles. The van der Waals surface area contributed by atoms with Gasteiger partial charge in [0.2, 0.25) is 0 Å². The summed E-state index contributed by atoms with van der Waals surface area (Å²) in [5.41, 5.74) is 0.970.